The van der Waals surface area contributed by atoms with E-state index in [2.05, 4.69) is 15.4 Å². The first-order chi connectivity index (χ1) is 9.88. The van der Waals surface area contributed by atoms with Crippen LogP contribution in [0.2, 0.25) is 0 Å². The van der Waals surface area contributed by atoms with Gasteiger partial charge in [0, 0.05) is 42.0 Å². The Balaban J connectivity index is 0.00000242. The van der Waals surface area contributed by atoms with Gasteiger partial charge in [0.05, 0.1) is 0 Å². The highest BCUT2D eigenvalue weighted by Gasteiger charge is 2.12. The zero-order valence-electron chi connectivity index (χ0n) is 13.4. The minimum atomic E-state index is -0.192. The number of halogens is 2. The van der Waals surface area contributed by atoms with Crippen LogP contribution in [-0.2, 0) is 11.3 Å². The Kier molecular flexibility index (Phi) is 8.30. The second-order valence-electron chi connectivity index (χ2n) is 5.37. The van der Waals surface area contributed by atoms with Crippen molar-refractivity contribution >= 4 is 36.4 Å². The van der Waals surface area contributed by atoms with E-state index in [9.17, 15) is 9.59 Å². The summed E-state index contributed by atoms with van der Waals surface area (Å²) < 4.78 is 1.64. The maximum atomic E-state index is 11.8. The SMILES string of the molecule is Cc1nc2cc(=O)[nH]n2c(C)c1CNC(=O)CCC(C)N.Cl.Cl. The van der Waals surface area contributed by atoms with Crippen LogP contribution in [0.3, 0.4) is 0 Å². The maximum Gasteiger partial charge on any atom is 0.266 e. The van der Waals surface area contributed by atoms with Crippen LogP contribution in [0.25, 0.3) is 5.65 Å². The van der Waals surface area contributed by atoms with Crippen molar-refractivity contribution in [2.45, 2.75) is 46.2 Å². The summed E-state index contributed by atoms with van der Waals surface area (Å²) >= 11 is 0. The summed E-state index contributed by atoms with van der Waals surface area (Å²) in [7, 11) is 0. The molecule has 1 atom stereocenters. The van der Waals surface area contributed by atoms with E-state index in [1.54, 1.807) is 4.52 Å². The fourth-order valence-corrected chi connectivity index (χ4v) is 2.25. The number of hydrogen-bond acceptors (Lipinski definition) is 4. The topological polar surface area (TPSA) is 105 Å². The highest BCUT2D eigenvalue weighted by Crippen LogP contribution is 2.12. The van der Waals surface area contributed by atoms with Crippen molar-refractivity contribution in [3.05, 3.63) is 33.4 Å². The number of nitrogens with two attached hydrogens (primary N) is 1. The molecule has 130 valence electrons. The third-order valence-electron chi connectivity index (χ3n) is 3.49. The van der Waals surface area contributed by atoms with Gasteiger partial charge in [-0.05, 0) is 27.2 Å². The zero-order chi connectivity index (χ0) is 15.6. The molecular weight excluding hydrogens is 341 g/mol. The first-order valence-corrected chi connectivity index (χ1v) is 6.98. The van der Waals surface area contributed by atoms with Gasteiger partial charge in [0.15, 0.2) is 5.65 Å². The number of hydrogen-bond donors (Lipinski definition) is 3. The van der Waals surface area contributed by atoms with Gasteiger partial charge in [-0.1, -0.05) is 0 Å². The molecule has 7 nitrogen and oxygen atoms in total. The number of rotatable bonds is 5. The Morgan fingerprint density at radius 2 is 2.09 bits per heavy atom. The summed E-state index contributed by atoms with van der Waals surface area (Å²) in [6.45, 7) is 6.02. The van der Waals surface area contributed by atoms with Crippen LogP contribution in [0.4, 0.5) is 0 Å². The molecule has 0 spiro atoms. The van der Waals surface area contributed by atoms with Crippen LogP contribution in [-0.4, -0.2) is 26.5 Å². The quantitative estimate of drug-likeness (QED) is 0.742. The van der Waals surface area contributed by atoms with Crippen LogP contribution in [0.1, 0.15) is 36.7 Å². The lowest BCUT2D eigenvalue weighted by atomic mass is 10.1. The second kappa shape index (κ2) is 8.90. The predicted molar refractivity (Wildman–Crippen MR) is 94.5 cm³/mol. The molecule has 0 saturated heterocycles. The van der Waals surface area contributed by atoms with Crippen LogP contribution < -0.4 is 16.6 Å². The molecule has 2 aromatic heterocycles. The first-order valence-electron chi connectivity index (χ1n) is 6.98. The van der Waals surface area contributed by atoms with Crippen LogP contribution >= 0.6 is 24.8 Å². The molecule has 2 heterocycles. The lowest BCUT2D eigenvalue weighted by Crippen LogP contribution is -2.26. The number of carbonyl (C=O) groups is 1. The van der Waals surface area contributed by atoms with E-state index in [1.165, 1.54) is 6.07 Å². The number of amides is 1. The zero-order valence-corrected chi connectivity index (χ0v) is 15.0. The molecule has 2 rings (SSSR count). The van der Waals surface area contributed by atoms with Crippen LogP contribution in [0.15, 0.2) is 10.9 Å². The van der Waals surface area contributed by atoms with Gasteiger partial charge in [0.25, 0.3) is 5.56 Å². The molecule has 4 N–H and O–H groups in total. The molecular formula is C14H23Cl2N5O2. The molecule has 0 aromatic carbocycles. The van der Waals surface area contributed by atoms with Crippen molar-refractivity contribution in [2.75, 3.05) is 0 Å². The highest BCUT2D eigenvalue weighted by molar-refractivity contribution is 5.85. The lowest BCUT2D eigenvalue weighted by molar-refractivity contribution is -0.121. The fourth-order valence-electron chi connectivity index (χ4n) is 2.25. The van der Waals surface area contributed by atoms with E-state index in [4.69, 9.17) is 5.73 Å². The molecule has 2 aromatic rings. The first kappa shape index (κ1) is 21.4. The number of aromatic nitrogens is 3. The van der Waals surface area contributed by atoms with E-state index < -0.39 is 0 Å². The van der Waals surface area contributed by atoms with E-state index in [-0.39, 0.29) is 42.3 Å². The summed E-state index contributed by atoms with van der Waals surface area (Å²) in [6.07, 6.45) is 1.07. The molecule has 0 aliphatic carbocycles. The Hall–Kier alpha value is -1.57. The van der Waals surface area contributed by atoms with E-state index in [0.29, 0.717) is 25.0 Å². The smallest absolute Gasteiger partial charge is 0.266 e. The number of aryl methyl sites for hydroxylation is 2. The number of nitrogens with zero attached hydrogens (tertiary/aromatic N) is 2. The van der Waals surface area contributed by atoms with Gasteiger partial charge in [0.1, 0.15) is 0 Å². The second-order valence-corrected chi connectivity index (χ2v) is 5.37. The summed E-state index contributed by atoms with van der Waals surface area (Å²) in [4.78, 5) is 27.5. The maximum absolute atomic E-state index is 11.8. The molecule has 0 aliphatic rings. The average Bonchev–Trinajstić information content (AvgIpc) is 2.76. The van der Waals surface area contributed by atoms with E-state index in [1.807, 2.05) is 20.8 Å². The van der Waals surface area contributed by atoms with Crippen LogP contribution in [0, 0.1) is 13.8 Å². The lowest BCUT2D eigenvalue weighted by Gasteiger charge is -2.12. The molecule has 0 bridgehead atoms. The minimum Gasteiger partial charge on any atom is -0.352 e. The molecule has 0 fully saturated rings. The fraction of sp³-hybridized carbons (Fsp3) is 0.500. The number of H-pyrrole nitrogens is 1. The molecule has 0 radical (unpaired) electrons. The van der Waals surface area contributed by atoms with Crippen molar-refractivity contribution < 1.29 is 4.79 Å². The van der Waals surface area contributed by atoms with E-state index in [0.717, 1.165) is 17.0 Å². The number of fused-ring (bicyclic) bond motifs is 1. The predicted octanol–water partition coefficient (Wildman–Crippen LogP) is 1.23. The molecule has 1 unspecified atom stereocenters. The molecule has 1 amide bonds. The molecule has 0 aliphatic heterocycles. The Labute approximate surface area is 146 Å². The van der Waals surface area contributed by atoms with Crippen molar-refractivity contribution in [3.63, 3.8) is 0 Å². The minimum absolute atomic E-state index is 0. The standard InChI is InChI=1S/C14H21N5O2.2ClH/c1-8(15)4-5-13(20)16-7-11-9(2)17-12-6-14(21)18-19(12)10(11)3;;/h6,8H,4-5,7,15H2,1-3H3,(H,16,20)(H,18,21);2*1H. The van der Waals surface area contributed by atoms with E-state index >= 15 is 0 Å². The molecule has 9 heteroatoms. The summed E-state index contributed by atoms with van der Waals surface area (Å²) in [5.41, 5.74) is 8.61. The van der Waals surface area contributed by atoms with Gasteiger partial charge in [-0.25, -0.2) is 9.50 Å². The van der Waals surface area contributed by atoms with Crippen molar-refractivity contribution in [1.82, 2.24) is 19.9 Å². The summed E-state index contributed by atoms with van der Waals surface area (Å²) in [5.74, 6) is -0.0350. The normalized spacial score (nSPS) is 11.5. The molecule has 0 saturated carbocycles. The van der Waals surface area contributed by atoms with Gasteiger partial charge in [-0.3, -0.25) is 14.7 Å². The van der Waals surface area contributed by atoms with Crippen molar-refractivity contribution in [1.29, 1.82) is 0 Å². The summed E-state index contributed by atoms with van der Waals surface area (Å²) in [5, 5.41) is 5.56. The van der Waals surface area contributed by atoms with Gasteiger partial charge < -0.3 is 11.1 Å². The van der Waals surface area contributed by atoms with Crippen molar-refractivity contribution in [2.24, 2.45) is 5.73 Å². The van der Waals surface area contributed by atoms with Gasteiger partial charge in [0.2, 0.25) is 5.91 Å². The largest absolute Gasteiger partial charge is 0.352 e. The molecule has 23 heavy (non-hydrogen) atoms. The van der Waals surface area contributed by atoms with Crippen molar-refractivity contribution in [3.8, 4) is 0 Å². The monoisotopic (exact) mass is 363 g/mol. The van der Waals surface area contributed by atoms with Gasteiger partial charge >= 0.3 is 0 Å². The Morgan fingerprint density at radius 1 is 1.43 bits per heavy atom. The third-order valence-corrected chi connectivity index (χ3v) is 3.49. The third kappa shape index (κ3) is 5.23. The van der Waals surface area contributed by atoms with Crippen LogP contribution in [0.5, 0.6) is 0 Å². The average molecular weight is 364 g/mol. The van der Waals surface area contributed by atoms with Gasteiger partial charge in [-0.2, -0.15) is 0 Å². The highest BCUT2D eigenvalue weighted by atomic mass is 35.5. The summed E-state index contributed by atoms with van der Waals surface area (Å²) in [6, 6.07) is 1.47. The Bertz CT molecular complexity index is 724. The number of aromatic amines is 1. The number of carbonyl (C=O) groups excluding carboxylic acids is 1. The number of nitrogens with one attached hydrogen (secondary N) is 2. The van der Waals surface area contributed by atoms with Gasteiger partial charge in [-0.15, -0.1) is 24.8 Å². The Morgan fingerprint density at radius 3 is 2.70 bits per heavy atom.